The van der Waals surface area contributed by atoms with E-state index >= 15 is 0 Å². The number of carbonyl (C=O) groups excluding carboxylic acids is 1. The zero-order chi connectivity index (χ0) is 24.4. The summed E-state index contributed by atoms with van der Waals surface area (Å²) in [4.78, 5) is 15.2. The number of amides is 1. The van der Waals surface area contributed by atoms with E-state index in [2.05, 4.69) is 15.6 Å². The van der Waals surface area contributed by atoms with Gasteiger partial charge in [-0.15, -0.1) is 5.10 Å². The molecule has 35 heavy (non-hydrogen) atoms. The summed E-state index contributed by atoms with van der Waals surface area (Å²) in [6.45, 7) is 0.722. The molecule has 0 radical (unpaired) electrons. The molecule has 0 fully saturated rings. The van der Waals surface area contributed by atoms with E-state index in [-0.39, 0.29) is 12.5 Å². The van der Waals surface area contributed by atoms with Crippen LogP contribution < -0.4 is 24.4 Å². The van der Waals surface area contributed by atoms with Crippen molar-refractivity contribution in [1.29, 1.82) is 0 Å². The van der Waals surface area contributed by atoms with E-state index < -0.39 is 0 Å². The Morgan fingerprint density at radius 3 is 2.26 bits per heavy atom. The third-order valence-electron chi connectivity index (χ3n) is 5.84. The molecule has 0 unspecified atom stereocenters. The van der Waals surface area contributed by atoms with Crippen molar-refractivity contribution in [1.82, 2.24) is 15.0 Å². The van der Waals surface area contributed by atoms with Crippen LogP contribution in [0.25, 0.3) is 0 Å². The summed E-state index contributed by atoms with van der Waals surface area (Å²) in [5, 5.41) is 12.0. The van der Waals surface area contributed by atoms with Crippen molar-refractivity contribution in [2.24, 2.45) is 0 Å². The van der Waals surface area contributed by atoms with Gasteiger partial charge in [-0.2, -0.15) is 0 Å². The maximum absolute atomic E-state index is 13.5. The number of para-hydroxylation sites is 3. The summed E-state index contributed by atoms with van der Waals surface area (Å²) in [5.74, 6) is 1.57. The van der Waals surface area contributed by atoms with Crippen LogP contribution in [0.4, 0.5) is 17.1 Å². The van der Waals surface area contributed by atoms with Gasteiger partial charge in [0.25, 0.3) is 5.91 Å². The van der Waals surface area contributed by atoms with Crippen molar-refractivity contribution in [3.8, 4) is 17.2 Å². The van der Waals surface area contributed by atoms with E-state index in [1.165, 1.54) is 0 Å². The average Bonchev–Trinajstić information content (AvgIpc) is 3.29. The second-order valence-corrected chi connectivity index (χ2v) is 8.02. The minimum absolute atomic E-state index is 0.0998. The minimum Gasteiger partial charge on any atom is -0.493 e. The summed E-state index contributed by atoms with van der Waals surface area (Å²) in [7, 11) is 4.73. The quantitative estimate of drug-likeness (QED) is 0.431. The molecule has 1 aliphatic heterocycles. The summed E-state index contributed by atoms with van der Waals surface area (Å²) in [6, 6.07) is 19.0. The topological polar surface area (TPSA) is 90.7 Å². The number of carbonyl (C=O) groups is 1. The van der Waals surface area contributed by atoms with Crippen molar-refractivity contribution >= 4 is 23.0 Å². The highest BCUT2D eigenvalue weighted by Gasteiger charge is 2.27. The van der Waals surface area contributed by atoms with Gasteiger partial charge in [-0.05, 0) is 42.0 Å². The predicted molar refractivity (Wildman–Crippen MR) is 132 cm³/mol. The first kappa shape index (κ1) is 22.3. The second-order valence-electron chi connectivity index (χ2n) is 8.02. The van der Waals surface area contributed by atoms with E-state index in [0.717, 1.165) is 22.6 Å². The van der Waals surface area contributed by atoms with E-state index in [9.17, 15) is 4.79 Å². The molecule has 0 saturated heterocycles. The number of aromatic nitrogens is 3. The van der Waals surface area contributed by atoms with Crippen molar-refractivity contribution in [2.75, 3.05) is 31.5 Å². The number of methoxy groups -OCH3 is 3. The number of ether oxygens (including phenoxy) is 3. The third-order valence-corrected chi connectivity index (χ3v) is 5.84. The highest BCUT2D eigenvalue weighted by Crippen LogP contribution is 2.39. The lowest BCUT2D eigenvalue weighted by Crippen LogP contribution is -2.30. The smallest absolute Gasteiger partial charge is 0.260 e. The lowest BCUT2D eigenvalue weighted by Gasteiger charge is -2.21. The van der Waals surface area contributed by atoms with E-state index in [4.69, 9.17) is 14.2 Å². The van der Waals surface area contributed by atoms with Gasteiger partial charge in [0.1, 0.15) is 5.69 Å². The summed E-state index contributed by atoms with van der Waals surface area (Å²) >= 11 is 0. The van der Waals surface area contributed by atoms with Crippen LogP contribution in [0, 0.1) is 0 Å². The molecule has 0 aliphatic carbocycles. The molecule has 0 atom stereocenters. The largest absolute Gasteiger partial charge is 0.493 e. The number of nitrogens with zero attached hydrogens (tertiary/aromatic N) is 4. The Balaban J connectivity index is 1.43. The Morgan fingerprint density at radius 2 is 1.54 bits per heavy atom. The molecule has 178 valence electrons. The first-order valence-electron chi connectivity index (χ1n) is 11.1. The molecule has 4 aromatic rings. The molecule has 5 rings (SSSR count). The predicted octanol–water partition coefficient (Wildman–Crippen LogP) is 4.26. The summed E-state index contributed by atoms with van der Waals surface area (Å²) in [5.41, 5.74) is 4.60. The third kappa shape index (κ3) is 4.23. The molecular formula is C26H25N5O4. The van der Waals surface area contributed by atoms with Crippen molar-refractivity contribution in [3.63, 3.8) is 0 Å². The van der Waals surface area contributed by atoms with Gasteiger partial charge in [0.15, 0.2) is 11.5 Å². The average molecular weight is 472 g/mol. The minimum atomic E-state index is -0.0998. The van der Waals surface area contributed by atoms with Gasteiger partial charge in [0.05, 0.1) is 63.2 Å². The van der Waals surface area contributed by atoms with Gasteiger partial charge in [0.2, 0.25) is 5.75 Å². The van der Waals surface area contributed by atoms with Crippen LogP contribution in [0.2, 0.25) is 0 Å². The molecule has 2 heterocycles. The zero-order valence-electron chi connectivity index (χ0n) is 19.7. The second kappa shape index (κ2) is 9.38. The van der Waals surface area contributed by atoms with Gasteiger partial charge in [0, 0.05) is 0 Å². The lowest BCUT2D eigenvalue weighted by atomic mass is 10.1. The number of anilines is 3. The van der Waals surface area contributed by atoms with Crippen molar-refractivity contribution in [2.45, 2.75) is 13.1 Å². The molecule has 1 aliphatic rings. The van der Waals surface area contributed by atoms with E-state index in [1.54, 1.807) is 30.9 Å². The van der Waals surface area contributed by atoms with Gasteiger partial charge in [-0.1, -0.05) is 29.5 Å². The molecule has 9 heteroatoms. The van der Waals surface area contributed by atoms with E-state index in [1.807, 2.05) is 66.9 Å². The first-order chi connectivity index (χ1) is 17.1. The van der Waals surface area contributed by atoms with Gasteiger partial charge in [-0.25, -0.2) is 4.68 Å². The Hall–Kier alpha value is -4.53. The fraction of sp³-hybridized carbons (Fsp3) is 0.192. The highest BCUT2D eigenvalue weighted by molar-refractivity contribution is 6.13. The fourth-order valence-electron chi connectivity index (χ4n) is 4.21. The molecular weight excluding hydrogens is 446 g/mol. The monoisotopic (exact) mass is 471 g/mol. The van der Waals surface area contributed by atoms with E-state index in [0.29, 0.717) is 35.1 Å². The van der Waals surface area contributed by atoms with Crippen molar-refractivity contribution in [3.05, 3.63) is 83.7 Å². The SMILES string of the molecule is COc1cc(Cn2cc(CN3C(=O)c4ccccc4Nc4ccccc43)nn2)cc(OC)c1OC. The van der Waals surface area contributed by atoms with Crippen LogP contribution in [-0.2, 0) is 13.1 Å². The Kier molecular flexibility index (Phi) is 5.97. The molecule has 1 N–H and O–H groups in total. The fourth-order valence-corrected chi connectivity index (χ4v) is 4.21. The number of benzene rings is 3. The first-order valence-corrected chi connectivity index (χ1v) is 11.1. The molecule has 0 saturated carbocycles. The van der Waals surface area contributed by atoms with Crippen LogP contribution in [0.5, 0.6) is 17.2 Å². The van der Waals surface area contributed by atoms with Crippen LogP contribution in [0.3, 0.4) is 0 Å². The van der Waals surface area contributed by atoms with Crippen LogP contribution in [0.1, 0.15) is 21.6 Å². The van der Waals surface area contributed by atoms with Crippen LogP contribution in [-0.4, -0.2) is 42.2 Å². The molecule has 1 amide bonds. The Labute approximate surface area is 202 Å². The molecule has 0 spiro atoms. The Morgan fingerprint density at radius 1 is 0.857 bits per heavy atom. The molecule has 9 nitrogen and oxygen atoms in total. The van der Waals surface area contributed by atoms with Crippen LogP contribution >= 0.6 is 0 Å². The molecule has 3 aromatic carbocycles. The molecule has 1 aromatic heterocycles. The number of hydrogen-bond acceptors (Lipinski definition) is 7. The van der Waals surface area contributed by atoms with Gasteiger partial charge in [-0.3, -0.25) is 4.79 Å². The number of hydrogen-bond donors (Lipinski definition) is 1. The maximum Gasteiger partial charge on any atom is 0.260 e. The molecule has 0 bridgehead atoms. The lowest BCUT2D eigenvalue weighted by molar-refractivity contribution is 0.0986. The standard InChI is InChI=1S/C26H25N5O4/c1-33-23-12-17(13-24(34-2)25(23)35-3)14-30-15-18(28-29-30)16-31-22-11-7-6-10-21(22)27-20-9-5-4-8-19(20)26(31)32/h4-13,15,27H,14,16H2,1-3H3. The summed E-state index contributed by atoms with van der Waals surface area (Å²) in [6.07, 6.45) is 1.84. The van der Waals surface area contributed by atoms with Gasteiger partial charge >= 0.3 is 0 Å². The number of rotatable bonds is 7. The zero-order valence-corrected chi connectivity index (χ0v) is 19.7. The number of nitrogens with one attached hydrogen (secondary N) is 1. The maximum atomic E-state index is 13.5. The normalized spacial score (nSPS) is 12.3. The van der Waals surface area contributed by atoms with Crippen LogP contribution in [0.15, 0.2) is 66.9 Å². The summed E-state index contributed by atoms with van der Waals surface area (Å²) < 4.78 is 18.0. The number of fused-ring (bicyclic) bond motifs is 2. The highest BCUT2D eigenvalue weighted by atomic mass is 16.5. The van der Waals surface area contributed by atoms with Gasteiger partial charge < -0.3 is 24.4 Å². The Bertz CT molecular complexity index is 1360. The van der Waals surface area contributed by atoms with Crippen molar-refractivity contribution < 1.29 is 19.0 Å².